The van der Waals surface area contributed by atoms with E-state index in [2.05, 4.69) is 21.9 Å². The van der Waals surface area contributed by atoms with E-state index in [4.69, 9.17) is 5.73 Å². The lowest BCUT2D eigenvalue weighted by Gasteiger charge is -2.27. The van der Waals surface area contributed by atoms with Crippen LogP contribution in [0.1, 0.15) is 43.5 Å². The molecule has 1 aliphatic rings. The highest BCUT2D eigenvalue weighted by molar-refractivity contribution is 5.31. The molecule has 0 atom stereocenters. The van der Waals surface area contributed by atoms with E-state index in [0.29, 0.717) is 6.54 Å². The van der Waals surface area contributed by atoms with E-state index in [1.807, 2.05) is 13.0 Å². The Labute approximate surface area is 110 Å². The van der Waals surface area contributed by atoms with Gasteiger partial charge in [0, 0.05) is 25.8 Å². The molecule has 18 heavy (non-hydrogen) atoms. The first kappa shape index (κ1) is 13.3. The molecule has 1 aromatic heterocycles. The highest BCUT2D eigenvalue weighted by Gasteiger charge is 2.17. The largest absolute Gasteiger partial charge is 0.344 e. The van der Waals surface area contributed by atoms with Crippen molar-refractivity contribution in [3.05, 3.63) is 17.5 Å². The van der Waals surface area contributed by atoms with Gasteiger partial charge in [0.15, 0.2) is 0 Å². The van der Waals surface area contributed by atoms with Crippen molar-refractivity contribution in [2.45, 2.75) is 45.6 Å². The van der Waals surface area contributed by atoms with Gasteiger partial charge in [-0.2, -0.15) is 0 Å². The van der Waals surface area contributed by atoms with Crippen molar-refractivity contribution < 1.29 is 0 Å². The van der Waals surface area contributed by atoms with Crippen molar-refractivity contribution in [2.75, 3.05) is 18.5 Å². The lowest BCUT2D eigenvalue weighted by atomic mass is 9.89. The molecule has 0 bridgehead atoms. The molecule has 0 aliphatic heterocycles. The summed E-state index contributed by atoms with van der Waals surface area (Å²) in [5.41, 5.74) is 7.58. The second kappa shape index (κ2) is 6.14. The zero-order chi connectivity index (χ0) is 13.0. The van der Waals surface area contributed by atoms with Crippen LogP contribution in [-0.2, 0) is 6.54 Å². The first-order valence-corrected chi connectivity index (χ1v) is 6.95. The highest BCUT2D eigenvalue weighted by atomic mass is 15.2. The lowest BCUT2D eigenvalue weighted by molar-refractivity contribution is 0.361. The van der Waals surface area contributed by atoms with Crippen LogP contribution in [0.15, 0.2) is 6.07 Å². The summed E-state index contributed by atoms with van der Waals surface area (Å²) in [7, 11) is 2.09. The topological polar surface area (TPSA) is 55.0 Å². The summed E-state index contributed by atoms with van der Waals surface area (Å²) in [4.78, 5) is 11.2. The summed E-state index contributed by atoms with van der Waals surface area (Å²) in [6, 6.07) is 1.96. The summed E-state index contributed by atoms with van der Waals surface area (Å²) in [5, 5.41) is 0. The Hall–Kier alpha value is -1.16. The van der Waals surface area contributed by atoms with E-state index >= 15 is 0 Å². The van der Waals surface area contributed by atoms with Gasteiger partial charge < -0.3 is 10.6 Å². The molecular formula is C14H24N4. The summed E-state index contributed by atoms with van der Waals surface area (Å²) in [5.74, 6) is 1.62. The third kappa shape index (κ3) is 3.42. The summed E-state index contributed by atoms with van der Waals surface area (Å²) >= 11 is 0. The zero-order valence-corrected chi connectivity index (χ0v) is 11.5. The van der Waals surface area contributed by atoms with Gasteiger partial charge in [0.1, 0.15) is 0 Å². The Morgan fingerprint density at radius 3 is 2.67 bits per heavy atom. The van der Waals surface area contributed by atoms with Gasteiger partial charge in [0.25, 0.3) is 0 Å². The van der Waals surface area contributed by atoms with E-state index in [1.54, 1.807) is 0 Å². The highest BCUT2D eigenvalue weighted by Crippen LogP contribution is 2.25. The minimum atomic E-state index is 0.480. The molecule has 0 unspecified atom stereocenters. The van der Waals surface area contributed by atoms with Gasteiger partial charge in [-0.15, -0.1) is 0 Å². The molecule has 1 saturated carbocycles. The lowest BCUT2D eigenvalue weighted by Crippen LogP contribution is -2.28. The van der Waals surface area contributed by atoms with Crippen LogP contribution in [0.4, 0.5) is 5.95 Å². The molecule has 2 N–H and O–H groups in total. The van der Waals surface area contributed by atoms with Gasteiger partial charge in [-0.3, -0.25) is 0 Å². The molecule has 0 amide bonds. The average Bonchev–Trinajstić information content (AvgIpc) is 2.39. The van der Waals surface area contributed by atoms with Gasteiger partial charge in [-0.05, 0) is 31.7 Å². The van der Waals surface area contributed by atoms with Crippen LogP contribution < -0.4 is 10.6 Å². The Morgan fingerprint density at radius 1 is 1.28 bits per heavy atom. The molecule has 1 fully saturated rings. The van der Waals surface area contributed by atoms with Gasteiger partial charge in [0.05, 0.1) is 5.69 Å². The molecule has 0 aromatic carbocycles. The molecule has 2 rings (SSSR count). The SMILES string of the molecule is Cc1cc(CN)nc(N(C)CC2CCCCC2)n1. The van der Waals surface area contributed by atoms with Gasteiger partial charge in [-0.1, -0.05) is 19.3 Å². The molecule has 0 saturated heterocycles. The number of hydrogen-bond acceptors (Lipinski definition) is 4. The summed E-state index contributed by atoms with van der Waals surface area (Å²) < 4.78 is 0. The fourth-order valence-electron chi connectivity index (χ4n) is 2.73. The van der Waals surface area contributed by atoms with Crippen LogP contribution in [0.2, 0.25) is 0 Å². The third-order valence-electron chi connectivity index (χ3n) is 3.70. The molecule has 4 heteroatoms. The number of aryl methyl sites for hydroxylation is 1. The second-order valence-electron chi connectivity index (χ2n) is 5.39. The fourth-order valence-corrected chi connectivity index (χ4v) is 2.73. The minimum Gasteiger partial charge on any atom is -0.344 e. The van der Waals surface area contributed by atoms with E-state index in [9.17, 15) is 0 Å². The minimum absolute atomic E-state index is 0.480. The molecule has 1 aromatic rings. The monoisotopic (exact) mass is 248 g/mol. The van der Waals surface area contributed by atoms with Crippen LogP contribution >= 0.6 is 0 Å². The van der Waals surface area contributed by atoms with Crippen molar-refractivity contribution in [2.24, 2.45) is 11.7 Å². The van der Waals surface area contributed by atoms with Crippen molar-refractivity contribution in [3.63, 3.8) is 0 Å². The van der Waals surface area contributed by atoms with Crippen LogP contribution in [0.25, 0.3) is 0 Å². The molecule has 1 heterocycles. The second-order valence-corrected chi connectivity index (χ2v) is 5.39. The number of hydrogen-bond donors (Lipinski definition) is 1. The van der Waals surface area contributed by atoms with Crippen LogP contribution in [0.5, 0.6) is 0 Å². The molecule has 0 radical (unpaired) electrons. The Morgan fingerprint density at radius 2 is 2.00 bits per heavy atom. The van der Waals surface area contributed by atoms with Crippen molar-refractivity contribution in [1.82, 2.24) is 9.97 Å². The fraction of sp³-hybridized carbons (Fsp3) is 0.714. The van der Waals surface area contributed by atoms with E-state index in [1.165, 1.54) is 32.1 Å². The maximum Gasteiger partial charge on any atom is 0.225 e. The molecular weight excluding hydrogens is 224 g/mol. The summed E-state index contributed by atoms with van der Waals surface area (Å²) in [6.07, 6.45) is 6.85. The third-order valence-corrected chi connectivity index (χ3v) is 3.70. The number of nitrogens with two attached hydrogens (primary N) is 1. The number of nitrogens with zero attached hydrogens (tertiary/aromatic N) is 3. The Kier molecular flexibility index (Phi) is 4.53. The van der Waals surface area contributed by atoms with Crippen LogP contribution in [0.3, 0.4) is 0 Å². The van der Waals surface area contributed by atoms with E-state index in [-0.39, 0.29) is 0 Å². The number of rotatable bonds is 4. The normalized spacial score (nSPS) is 16.8. The quantitative estimate of drug-likeness (QED) is 0.888. The maximum atomic E-state index is 5.66. The number of aromatic nitrogens is 2. The Bertz CT molecular complexity index is 385. The molecule has 4 nitrogen and oxygen atoms in total. The Balaban J connectivity index is 2.02. The average molecular weight is 248 g/mol. The molecule has 100 valence electrons. The van der Waals surface area contributed by atoms with Gasteiger partial charge in [0.2, 0.25) is 5.95 Å². The van der Waals surface area contributed by atoms with E-state index < -0.39 is 0 Å². The van der Waals surface area contributed by atoms with Crippen molar-refractivity contribution >= 4 is 5.95 Å². The first-order chi connectivity index (χ1) is 8.69. The predicted octanol–water partition coefficient (Wildman–Crippen LogP) is 2.26. The van der Waals surface area contributed by atoms with Gasteiger partial charge in [-0.25, -0.2) is 9.97 Å². The standard InChI is InChI=1S/C14H24N4/c1-11-8-13(9-15)17-14(16-11)18(2)10-12-6-4-3-5-7-12/h8,12H,3-7,9-10,15H2,1-2H3. The first-order valence-electron chi connectivity index (χ1n) is 6.95. The van der Waals surface area contributed by atoms with Crippen LogP contribution in [-0.4, -0.2) is 23.6 Å². The van der Waals surface area contributed by atoms with Crippen molar-refractivity contribution in [1.29, 1.82) is 0 Å². The van der Waals surface area contributed by atoms with Gasteiger partial charge >= 0.3 is 0 Å². The molecule has 1 aliphatic carbocycles. The van der Waals surface area contributed by atoms with Crippen molar-refractivity contribution in [3.8, 4) is 0 Å². The maximum absolute atomic E-state index is 5.66. The smallest absolute Gasteiger partial charge is 0.225 e. The predicted molar refractivity (Wildman–Crippen MR) is 74.5 cm³/mol. The van der Waals surface area contributed by atoms with Crippen LogP contribution in [0, 0.1) is 12.8 Å². The van der Waals surface area contributed by atoms with E-state index in [0.717, 1.165) is 29.8 Å². The number of anilines is 1. The molecule has 0 spiro atoms. The summed E-state index contributed by atoms with van der Waals surface area (Å²) in [6.45, 7) is 3.54. The zero-order valence-electron chi connectivity index (χ0n) is 11.5.